The molecule has 124 valence electrons. The molecule has 1 saturated carbocycles. The van der Waals surface area contributed by atoms with Gasteiger partial charge in [0.05, 0.1) is 0 Å². The second-order valence-electron chi connectivity index (χ2n) is 5.71. The Hall–Kier alpha value is -0.660. The van der Waals surface area contributed by atoms with Crippen LogP contribution in [0.15, 0.2) is 0 Å². The molecule has 0 aromatic carbocycles. The zero-order chi connectivity index (χ0) is 15.7. The molecular weight excluding hydrogens is 294 g/mol. The summed E-state index contributed by atoms with van der Waals surface area (Å²) >= 11 is 0. The number of ether oxygens (including phenoxy) is 1. The molecule has 1 unspecified atom stereocenters. The molecule has 7 heteroatoms. The number of hydrogen-bond donors (Lipinski definition) is 2. The minimum absolute atomic E-state index is 0.266. The van der Waals surface area contributed by atoms with Crippen molar-refractivity contribution in [3.05, 3.63) is 0 Å². The fraction of sp³-hybridized carbons (Fsp3) is 0.929. The van der Waals surface area contributed by atoms with E-state index >= 15 is 0 Å². The summed E-state index contributed by atoms with van der Waals surface area (Å²) in [5.41, 5.74) is 0. The summed E-state index contributed by atoms with van der Waals surface area (Å²) in [6, 6.07) is 0.344. The van der Waals surface area contributed by atoms with Crippen LogP contribution in [0, 0.1) is 0 Å². The van der Waals surface area contributed by atoms with E-state index in [1.165, 1.54) is 6.42 Å². The van der Waals surface area contributed by atoms with Gasteiger partial charge in [-0.3, -0.25) is 9.35 Å². The SMILES string of the molecule is CCCCC(=O)OC(CNC1CCCCC1)CS(=O)(=O)O. The van der Waals surface area contributed by atoms with Gasteiger partial charge in [0.2, 0.25) is 0 Å². The van der Waals surface area contributed by atoms with E-state index in [4.69, 9.17) is 9.29 Å². The molecule has 0 aromatic rings. The quantitative estimate of drug-likeness (QED) is 0.498. The van der Waals surface area contributed by atoms with Crippen LogP contribution in [0.4, 0.5) is 0 Å². The van der Waals surface area contributed by atoms with Gasteiger partial charge >= 0.3 is 5.97 Å². The highest BCUT2D eigenvalue weighted by atomic mass is 32.2. The van der Waals surface area contributed by atoms with Crippen LogP contribution in [0.1, 0.15) is 58.3 Å². The Bertz CT molecular complexity index is 404. The fourth-order valence-corrected chi connectivity index (χ4v) is 3.20. The fourth-order valence-electron chi connectivity index (χ4n) is 2.54. The Balaban J connectivity index is 2.44. The van der Waals surface area contributed by atoms with Crippen molar-refractivity contribution in [2.45, 2.75) is 70.4 Å². The van der Waals surface area contributed by atoms with Crippen molar-refractivity contribution in [2.75, 3.05) is 12.3 Å². The molecule has 1 aliphatic rings. The molecule has 2 N–H and O–H groups in total. The van der Waals surface area contributed by atoms with Gasteiger partial charge < -0.3 is 10.1 Å². The maximum atomic E-state index is 11.6. The average molecular weight is 321 g/mol. The molecule has 1 aliphatic carbocycles. The smallest absolute Gasteiger partial charge is 0.306 e. The highest BCUT2D eigenvalue weighted by Crippen LogP contribution is 2.17. The Labute approximate surface area is 127 Å². The Morgan fingerprint density at radius 3 is 2.57 bits per heavy atom. The Kier molecular flexibility index (Phi) is 8.21. The van der Waals surface area contributed by atoms with Crippen molar-refractivity contribution in [3.63, 3.8) is 0 Å². The second-order valence-corrected chi connectivity index (χ2v) is 7.20. The third-order valence-corrected chi connectivity index (χ3v) is 4.46. The van der Waals surface area contributed by atoms with Gasteiger partial charge in [0.15, 0.2) is 0 Å². The predicted octanol–water partition coefficient (Wildman–Crippen LogP) is 1.90. The lowest BCUT2D eigenvalue weighted by atomic mass is 9.95. The van der Waals surface area contributed by atoms with E-state index in [0.29, 0.717) is 12.5 Å². The Morgan fingerprint density at radius 1 is 1.33 bits per heavy atom. The molecule has 0 heterocycles. The number of hydrogen-bond acceptors (Lipinski definition) is 5. The number of unbranched alkanes of at least 4 members (excludes halogenated alkanes) is 1. The second kappa shape index (κ2) is 9.38. The van der Waals surface area contributed by atoms with Gasteiger partial charge in [-0.15, -0.1) is 0 Å². The number of esters is 1. The molecule has 1 fully saturated rings. The molecule has 6 nitrogen and oxygen atoms in total. The van der Waals surface area contributed by atoms with E-state index in [1.807, 2.05) is 6.92 Å². The van der Waals surface area contributed by atoms with Crippen molar-refractivity contribution in [1.82, 2.24) is 5.32 Å². The number of carbonyl (C=O) groups is 1. The average Bonchev–Trinajstić information content (AvgIpc) is 2.42. The van der Waals surface area contributed by atoms with E-state index < -0.39 is 27.9 Å². The molecule has 0 aliphatic heterocycles. The lowest BCUT2D eigenvalue weighted by Crippen LogP contribution is -2.41. The van der Waals surface area contributed by atoms with Gasteiger partial charge in [-0.2, -0.15) is 8.42 Å². The summed E-state index contributed by atoms with van der Waals surface area (Å²) in [5, 5.41) is 3.25. The van der Waals surface area contributed by atoms with Crippen LogP contribution in [0.5, 0.6) is 0 Å². The zero-order valence-corrected chi connectivity index (χ0v) is 13.5. The topological polar surface area (TPSA) is 92.7 Å². The monoisotopic (exact) mass is 321 g/mol. The van der Waals surface area contributed by atoms with Gasteiger partial charge in [0.25, 0.3) is 10.1 Å². The molecule has 0 amide bonds. The van der Waals surface area contributed by atoms with E-state index in [2.05, 4.69) is 5.32 Å². The van der Waals surface area contributed by atoms with E-state index in [0.717, 1.165) is 32.1 Å². The molecule has 0 bridgehead atoms. The van der Waals surface area contributed by atoms with Crippen molar-refractivity contribution in [3.8, 4) is 0 Å². The lowest BCUT2D eigenvalue weighted by Gasteiger charge is -2.25. The van der Waals surface area contributed by atoms with Gasteiger partial charge in [-0.25, -0.2) is 0 Å². The normalized spacial score (nSPS) is 18.4. The minimum atomic E-state index is -4.16. The lowest BCUT2D eigenvalue weighted by molar-refractivity contribution is -0.148. The first-order valence-corrected chi connectivity index (χ1v) is 9.39. The third-order valence-electron chi connectivity index (χ3n) is 3.67. The molecule has 0 aromatic heterocycles. The standard InChI is InChI=1S/C14H27NO5S/c1-2-3-9-14(16)20-13(11-21(17,18)19)10-15-12-7-5-4-6-8-12/h12-13,15H,2-11H2,1H3,(H,17,18,19). The summed E-state index contributed by atoms with van der Waals surface area (Å²) in [7, 11) is -4.16. The zero-order valence-electron chi connectivity index (χ0n) is 12.7. The van der Waals surface area contributed by atoms with Crippen LogP contribution in [0.3, 0.4) is 0 Å². The first-order valence-electron chi connectivity index (χ1n) is 7.78. The summed E-state index contributed by atoms with van der Waals surface area (Å²) in [5.74, 6) is -0.958. The molecule has 1 rings (SSSR count). The van der Waals surface area contributed by atoms with Crippen LogP contribution in [0.25, 0.3) is 0 Å². The molecule has 1 atom stereocenters. The summed E-state index contributed by atoms with van der Waals surface area (Å²) in [4.78, 5) is 11.6. The first-order chi connectivity index (χ1) is 9.90. The van der Waals surface area contributed by atoms with Gasteiger partial charge in [-0.1, -0.05) is 32.6 Å². The van der Waals surface area contributed by atoms with E-state index in [-0.39, 0.29) is 13.0 Å². The first kappa shape index (κ1) is 18.4. The molecule has 0 radical (unpaired) electrons. The summed E-state index contributed by atoms with van der Waals surface area (Å²) in [6.45, 7) is 2.23. The number of rotatable bonds is 9. The van der Waals surface area contributed by atoms with Crippen molar-refractivity contribution >= 4 is 16.1 Å². The summed E-state index contributed by atoms with van der Waals surface area (Å²) in [6.07, 6.45) is 6.72. The molecule has 0 spiro atoms. The van der Waals surface area contributed by atoms with Crippen molar-refractivity contribution in [2.24, 2.45) is 0 Å². The number of carbonyl (C=O) groups excluding carboxylic acids is 1. The van der Waals surface area contributed by atoms with Gasteiger partial charge in [0, 0.05) is 19.0 Å². The van der Waals surface area contributed by atoms with E-state index in [9.17, 15) is 13.2 Å². The van der Waals surface area contributed by atoms with Crippen LogP contribution in [0.2, 0.25) is 0 Å². The third kappa shape index (κ3) is 9.06. The van der Waals surface area contributed by atoms with Crippen LogP contribution >= 0.6 is 0 Å². The van der Waals surface area contributed by atoms with Gasteiger partial charge in [0.1, 0.15) is 11.9 Å². The largest absolute Gasteiger partial charge is 0.460 e. The Morgan fingerprint density at radius 2 is 2.00 bits per heavy atom. The maximum absolute atomic E-state index is 11.6. The molecule has 0 saturated heterocycles. The minimum Gasteiger partial charge on any atom is -0.460 e. The van der Waals surface area contributed by atoms with Crippen molar-refractivity contribution < 1.29 is 22.5 Å². The van der Waals surface area contributed by atoms with Crippen LogP contribution < -0.4 is 5.32 Å². The summed E-state index contributed by atoms with van der Waals surface area (Å²) < 4.78 is 36.2. The maximum Gasteiger partial charge on any atom is 0.306 e. The van der Waals surface area contributed by atoms with Crippen molar-refractivity contribution in [1.29, 1.82) is 0 Å². The van der Waals surface area contributed by atoms with E-state index in [1.54, 1.807) is 0 Å². The van der Waals surface area contributed by atoms with Gasteiger partial charge in [-0.05, 0) is 19.3 Å². The van der Waals surface area contributed by atoms with Crippen LogP contribution in [-0.4, -0.2) is 43.4 Å². The number of nitrogens with one attached hydrogen (secondary N) is 1. The molecular formula is C14H27NO5S. The molecule has 21 heavy (non-hydrogen) atoms. The van der Waals surface area contributed by atoms with Crippen LogP contribution in [-0.2, 0) is 19.6 Å². The highest BCUT2D eigenvalue weighted by Gasteiger charge is 2.22. The highest BCUT2D eigenvalue weighted by molar-refractivity contribution is 7.85. The predicted molar refractivity (Wildman–Crippen MR) is 80.7 cm³/mol.